The Hall–Kier alpha value is -0.870. The van der Waals surface area contributed by atoms with Crippen LogP contribution in [0.2, 0.25) is 0 Å². The summed E-state index contributed by atoms with van der Waals surface area (Å²) in [5.41, 5.74) is 2.49. The second kappa shape index (κ2) is 5.46. The second-order valence-corrected chi connectivity index (χ2v) is 4.53. The van der Waals surface area contributed by atoms with Gasteiger partial charge in [0, 0.05) is 31.9 Å². The zero-order valence-corrected chi connectivity index (χ0v) is 10.3. The van der Waals surface area contributed by atoms with E-state index in [1.54, 1.807) is 0 Å². The van der Waals surface area contributed by atoms with Crippen LogP contribution in [-0.2, 0) is 13.0 Å². The Morgan fingerprint density at radius 1 is 1.31 bits per heavy atom. The third-order valence-corrected chi connectivity index (χ3v) is 3.10. The molecule has 1 fully saturated rings. The van der Waals surface area contributed by atoms with Crippen LogP contribution in [0.5, 0.6) is 0 Å². The van der Waals surface area contributed by atoms with Crippen LogP contribution in [0.3, 0.4) is 0 Å². The first-order valence-corrected chi connectivity index (χ1v) is 6.27. The van der Waals surface area contributed by atoms with Crippen molar-refractivity contribution >= 4 is 0 Å². The Bertz CT molecular complexity index is 326. The molecule has 1 aliphatic heterocycles. The van der Waals surface area contributed by atoms with Crippen molar-refractivity contribution in [2.24, 2.45) is 0 Å². The lowest BCUT2D eigenvalue weighted by molar-refractivity contribution is 0.228. The average Bonchev–Trinajstić information content (AvgIpc) is 2.61. The molecule has 1 aromatic rings. The lowest BCUT2D eigenvalue weighted by Gasteiger charge is -2.26. The topological polar surface area (TPSA) is 44.0 Å². The number of nitrogens with one attached hydrogen (secondary N) is 2. The van der Waals surface area contributed by atoms with E-state index >= 15 is 0 Å². The molecule has 2 heterocycles. The van der Waals surface area contributed by atoms with Gasteiger partial charge in [-0.1, -0.05) is 13.3 Å². The van der Waals surface area contributed by atoms with E-state index in [1.165, 1.54) is 17.8 Å². The number of piperazine rings is 1. The zero-order valence-electron chi connectivity index (χ0n) is 10.3. The molecule has 0 spiro atoms. The standard InChI is InChI=1S/C12H22N4/c1-3-4-11-10(2)14-12(15-11)9-16-7-5-13-6-8-16/h13H,3-9H2,1-2H3,(H,14,15). The van der Waals surface area contributed by atoms with Crippen molar-refractivity contribution in [2.75, 3.05) is 26.2 Å². The van der Waals surface area contributed by atoms with E-state index in [2.05, 4.69) is 34.0 Å². The molecule has 4 nitrogen and oxygen atoms in total. The van der Waals surface area contributed by atoms with Gasteiger partial charge in [-0.2, -0.15) is 0 Å². The highest BCUT2D eigenvalue weighted by molar-refractivity contribution is 5.13. The number of rotatable bonds is 4. The zero-order chi connectivity index (χ0) is 11.4. The summed E-state index contributed by atoms with van der Waals surface area (Å²) in [5, 5.41) is 3.37. The van der Waals surface area contributed by atoms with E-state index < -0.39 is 0 Å². The maximum atomic E-state index is 4.68. The molecule has 2 N–H and O–H groups in total. The van der Waals surface area contributed by atoms with Crippen LogP contribution in [0.25, 0.3) is 0 Å². The lowest BCUT2D eigenvalue weighted by atomic mass is 10.2. The van der Waals surface area contributed by atoms with Crippen molar-refractivity contribution in [3.8, 4) is 0 Å². The number of hydrogen-bond donors (Lipinski definition) is 2. The second-order valence-electron chi connectivity index (χ2n) is 4.53. The Balaban J connectivity index is 1.95. The number of aryl methyl sites for hydroxylation is 2. The summed E-state index contributed by atoms with van der Waals surface area (Å²) in [6.07, 6.45) is 2.25. The minimum atomic E-state index is 0.965. The molecule has 0 amide bonds. The van der Waals surface area contributed by atoms with Crippen LogP contribution < -0.4 is 5.32 Å². The molecule has 0 saturated carbocycles. The minimum Gasteiger partial charge on any atom is -0.345 e. The predicted octanol–water partition coefficient (Wildman–Crippen LogP) is 1.08. The average molecular weight is 222 g/mol. The fourth-order valence-corrected chi connectivity index (χ4v) is 2.20. The van der Waals surface area contributed by atoms with Crippen LogP contribution in [0, 0.1) is 6.92 Å². The minimum absolute atomic E-state index is 0.965. The van der Waals surface area contributed by atoms with Gasteiger partial charge < -0.3 is 10.3 Å². The van der Waals surface area contributed by atoms with Crippen molar-refractivity contribution in [1.82, 2.24) is 20.2 Å². The van der Waals surface area contributed by atoms with E-state index in [0.29, 0.717) is 0 Å². The van der Waals surface area contributed by atoms with Gasteiger partial charge in [-0.25, -0.2) is 4.98 Å². The molecule has 1 saturated heterocycles. The molecule has 0 atom stereocenters. The summed E-state index contributed by atoms with van der Waals surface area (Å²) in [5.74, 6) is 1.13. The fraction of sp³-hybridized carbons (Fsp3) is 0.750. The highest BCUT2D eigenvalue weighted by atomic mass is 15.2. The molecule has 2 rings (SSSR count). The number of hydrogen-bond acceptors (Lipinski definition) is 3. The normalized spacial score (nSPS) is 17.9. The van der Waals surface area contributed by atoms with Crippen LogP contribution in [0.4, 0.5) is 0 Å². The van der Waals surface area contributed by atoms with Crippen molar-refractivity contribution < 1.29 is 0 Å². The van der Waals surface area contributed by atoms with E-state index in [1.807, 2.05) is 0 Å². The van der Waals surface area contributed by atoms with Gasteiger partial charge in [-0.15, -0.1) is 0 Å². The number of H-pyrrole nitrogens is 1. The Morgan fingerprint density at radius 3 is 2.75 bits per heavy atom. The van der Waals surface area contributed by atoms with Crippen molar-refractivity contribution in [2.45, 2.75) is 33.2 Å². The highest BCUT2D eigenvalue weighted by Gasteiger charge is 2.12. The molecule has 16 heavy (non-hydrogen) atoms. The third-order valence-electron chi connectivity index (χ3n) is 3.10. The monoisotopic (exact) mass is 222 g/mol. The molecule has 4 heteroatoms. The van der Waals surface area contributed by atoms with Crippen LogP contribution in [0.15, 0.2) is 0 Å². The molecule has 0 aromatic carbocycles. The summed E-state index contributed by atoms with van der Waals surface area (Å²) < 4.78 is 0. The first kappa shape index (κ1) is 11.6. The summed E-state index contributed by atoms with van der Waals surface area (Å²) in [7, 11) is 0. The van der Waals surface area contributed by atoms with Gasteiger partial charge in [-0.3, -0.25) is 4.90 Å². The predicted molar refractivity (Wildman–Crippen MR) is 65.5 cm³/mol. The van der Waals surface area contributed by atoms with E-state index in [0.717, 1.165) is 45.0 Å². The SMILES string of the molecule is CCCc1nc(CN2CCNCC2)[nH]c1C. The van der Waals surface area contributed by atoms with Gasteiger partial charge in [0.25, 0.3) is 0 Å². The molecule has 1 aliphatic rings. The van der Waals surface area contributed by atoms with E-state index in [-0.39, 0.29) is 0 Å². The maximum absolute atomic E-state index is 4.68. The Morgan fingerprint density at radius 2 is 2.06 bits per heavy atom. The molecule has 1 aromatic heterocycles. The van der Waals surface area contributed by atoms with Crippen molar-refractivity contribution in [1.29, 1.82) is 0 Å². The molecule has 0 radical (unpaired) electrons. The molecule has 0 unspecified atom stereocenters. The number of nitrogens with zero attached hydrogens (tertiary/aromatic N) is 2. The Kier molecular flexibility index (Phi) is 3.96. The van der Waals surface area contributed by atoms with Gasteiger partial charge in [0.1, 0.15) is 5.82 Å². The van der Waals surface area contributed by atoms with Crippen LogP contribution >= 0.6 is 0 Å². The molecular weight excluding hydrogens is 200 g/mol. The first-order valence-electron chi connectivity index (χ1n) is 6.27. The Labute approximate surface area is 97.4 Å². The summed E-state index contributed by atoms with van der Waals surface area (Å²) >= 11 is 0. The number of aromatic nitrogens is 2. The van der Waals surface area contributed by atoms with Gasteiger partial charge in [0.2, 0.25) is 0 Å². The van der Waals surface area contributed by atoms with E-state index in [4.69, 9.17) is 0 Å². The third kappa shape index (κ3) is 2.83. The van der Waals surface area contributed by atoms with Gasteiger partial charge in [0.05, 0.1) is 12.2 Å². The number of imidazole rings is 1. The molecule has 0 aliphatic carbocycles. The lowest BCUT2D eigenvalue weighted by Crippen LogP contribution is -2.43. The van der Waals surface area contributed by atoms with Crippen LogP contribution in [0.1, 0.15) is 30.6 Å². The largest absolute Gasteiger partial charge is 0.345 e. The van der Waals surface area contributed by atoms with E-state index in [9.17, 15) is 0 Å². The summed E-state index contributed by atoms with van der Waals surface area (Å²) in [6.45, 7) is 9.74. The fourth-order valence-electron chi connectivity index (χ4n) is 2.20. The highest BCUT2D eigenvalue weighted by Crippen LogP contribution is 2.09. The van der Waals surface area contributed by atoms with Crippen molar-refractivity contribution in [3.05, 3.63) is 17.2 Å². The quantitative estimate of drug-likeness (QED) is 0.801. The molecule has 90 valence electrons. The molecule has 0 bridgehead atoms. The summed E-state index contributed by atoms with van der Waals surface area (Å²) in [6, 6.07) is 0. The molecular formula is C12H22N4. The smallest absolute Gasteiger partial charge is 0.120 e. The van der Waals surface area contributed by atoms with Gasteiger partial charge in [-0.05, 0) is 13.3 Å². The first-order chi connectivity index (χ1) is 7.79. The van der Waals surface area contributed by atoms with Gasteiger partial charge >= 0.3 is 0 Å². The number of aromatic amines is 1. The van der Waals surface area contributed by atoms with Crippen LogP contribution in [-0.4, -0.2) is 41.0 Å². The van der Waals surface area contributed by atoms with Gasteiger partial charge in [0.15, 0.2) is 0 Å². The maximum Gasteiger partial charge on any atom is 0.120 e. The summed E-state index contributed by atoms with van der Waals surface area (Å²) in [4.78, 5) is 10.5. The van der Waals surface area contributed by atoms with Crippen molar-refractivity contribution in [3.63, 3.8) is 0 Å².